The van der Waals surface area contributed by atoms with Crippen LogP contribution in [-0.4, -0.2) is 24.9 Å². The van der Waals surface area contributed by atoms with Crippen molar-refractivity contribution in [2.24, 2.45) is 5.92 Å². The molecular formula is C12H16BrNO2S. The highest BCUT2D eigenvalue weighted by Crippen LogP contribution is 2.34. The number of aliphatic hydroxyl groups is 1. The fraction of sp³-hybridized carbons (Fsp3) is 0.500. The fourth-order valence-corrected chi connectivity index (χ4v) is 3.56. The lowest BCUT2D eigenvalue weighted by Crippen LogP contribution is -2.25. The fourth-order valence-electron chi connectivity index (χ4n) is 1.92. The van der Waals surface area contributed by atoms with Crippen LogP contribution in [0.1, 0.15) is 11.3 Å². The second kappa shape index (κ2) is 6.00. The molecule has 2 N–H and O–H groups in total. The molecular weight excluding hydrogens is 302 g/mol. The molecule has 0 unspecified atom stereocenters. The summed E-state index contributed by atoms with van der Waals surface area (Å²) in [4.78, 5) is 1.24. The van der Waals surface area contributed by atoms with Crippen molar-refractivity contribution in [2.45, 2.75) is 19.0 Å². The Labute approximate surface area is 114 Å². The lowest BCUT2D eigenvalue weighted by Gasteiger charge is -2.11. The van der Waals surface area contributed by atoms with Crippen molar-refractivity contribution in [1.82, 2.24) is 5.32 Å². The molecule has 2 atom stereocenters. The number of halogens is 1. The zero-order valence-corrected chi connectivity index (χ0v) is 12.1. The van der Waals surface area contributed by atoms with Crippen molar-refractivity contribution in [1.29, 1.82) is 0 Å². The zero-order valence-electron chi connectivity index (χ0n) is 9.65. The lowest BCUT2D eigenvalue weighted by molar-refractivity contribution is 0.246. The van der Waals surface area contributed by atoms with Crippen molar-refractivity contribution in [2.75, 3.05) is 13.7 Å². The van der Waals surface area contributed by atoms with E-state index < -0.39 is 0 Å². The van der Waals surface area contributed by atoms with Crippen LogP contribution in [0.4, 0.5) is 0 Å². The number of methoxy groups -OCH3 is 1. The smallest absolute Gasteiger partial charge is 0.188 e. The van der Waals surface area contributed by atoms with E-state index in [1.54, 1.807) is 18.4 Å². The third kappa shape index (κ3) is 3.31. The normalized spacial score (nSPS) is 23.2. The number of nitrogens with one attached hydrogen (secondary N) is 1. The second-order valence-electron chi connectivity index (χ2n) is 4.10. The van der Waals surface area contributed by atoms with Gasteiger partial charge < -0.3 is 15.2 Å². The molecule has 1 heterocycles. The molecule has 0 aliphatic heterocycles. The highest BCUT2D eigenvalue weighted by Gasteiger charge is 2.17. The van der Waals surface area contributed by atoms with Gasteiger partial charge in [0.1, 0.15) is 0 Å². The van der Waals surface area contributed by atoms with E-state index in [1.807, 2.05) is 0 Å². The highest BCUT2D eigenvalue weighted by molar-refractivity contribution is 9.10. The first kappa shape index (κ1) is 13.1. The molecule has 1 aliphatic rings. The summed E-state index contributed by atoms with van der Waals surface area (Å²) in [5, 5.41) is 13.4. The Balaban J connectivity index is 1.84. The summed E-state index contributed by atoms with van der Waals surface area (Å²) in [6, 6.07) is 2.46. The number of thiophene rings is 1. The van der Waals surface area contributed by atoms with Gasteiger partial charge in [0.25, 0.3) is 0 Å². The van der Waals surface area contributed by atoms with E-state index in [0.717, 1.165) is 22.5 Å². The van der Waals surface area contributed by atoms with Gasteiger partial charge in [-0.15, -0.1) is 11.3 Å². The minimum atomic E-state index is 0.243. The van der Waals surface area contributed by atoms with Gasteiger partial charge in [0, 0.05) is 30.0 Å². The van der Waals surface area contributed by atoms with Gasteiger partial charge in [-0.3, -0.25) is 0 Å². The zero-order chi connectivity index (χ0) is 12.3. The van der Waals surface area contributed by atoms with Crippen molar-refractivity contribution in [3.05, 3.63) is 27.6 Å². The molecule has 0 fully saturated rings. The topological polar surface area (TPSA) is 41.5 Å². The van der Waals surface area contributed by atoms with Crippen LogP contribution >= 0.6 is 27.3 Å². The average molecular weight is 318 g/mol. The molecule has 0 saturated heterocycles. The van der Waals surface area contributed by atoms with E-state index in [1.165, 1.54) is 4.88 Å². The first-order valence-electron chi connectivity index (χ1n) is 5.57. The molecule has 5 heteroatoms. The molecule has 1 aliphatic carbocycles. The number of ether oxygens (including phenoxy) is 1. The van der Waals surface area contributed by atoms with E-state index in [-0.39, 0.29) is 6.61 Å². The predicted octanol–water partition coefficient (Wildman–Crippen LogP) is 2.55. The minimum Gasteiger partial charge on any atom is -0.486 e. The van der Waals surface area contributed by atoms with Crippen LogP contribution in [0.25, 0.3) is 0 Å². The maximum absolute atomic E-state index is 9.04. The van der Waals surface area contributed by atoms with E-state index in [0.29, 0.717) is 12.0 Å². The molecule has 1 aromatic rings. The predicted molar refractivity (Wildman–Crippen MR) is 73.5 cm³/mol. The van der Waals surface area contributed by atoms with Crippen molar-refractivity contribution in [3.63, 3.8) is 0 Å². The summed E-state index contributed by atoms with van der Waals surface area (Å²) >= 11 is 5.11. The van der Waals surface area contributed by atoms with Crippen LogP contribution in [0, 0.1) is 5.92 Å². The third-order valence-corrected chi connectivity index (χ3v) is 4.79. The quantitative estimate of drug-likeness (QED) is 0.820. The molecule has 2 rings (SSSR count). The van der Waals surface area contributed by atoms with Crippen LogP contribution < -0.4 is 10.1 Å². The minimum absolute atomic E-state index is 0.243. The van der Waals surface area contributed by atoms with Crippen LogP contribution in [0.5, 0.6) is 5.06 Å². The number of aliphatic hydroxyl groups excluding tert-OH is 1. The Bertz CT molecular complexity index is 405. The highest BCUT2D eigenvalue weighted by atomic mass is 79.9. The number of hydrogen-bond donors (Lipinski definition) is 2. The molecule has 3 nitrogen and oxygen atoms in total. The Morgan fingerprint density at radius 3 is 3.00 bits per heavy atom. The molecule has 0 spiro atoms. The van der Waals surface area contributed by atoms with Gasteiger partial charge >= 0.3 is 0 Å². The monoisotopic (exact) mass is 317 g/mol. The van der Waals surface area contributed by atoms with Crippen LogP contribution in [0.2, 0.25) is 0 Å². The van der Waals surface area contributed by atoms with E-state index in [4.69, 9.17) is 9.84 Å². The van der Waals surface area contributed by atoms with Crippen molar-refractivity contribution >= 4 is 27.3 Å². The maximum Gasteiger partial charge on any atom is 0.188 e. The van der Waals surface area contributed by atoms with Gasteiger partial charge in [-0.05, 0) is 28.4 Å². The summed E-state index contributed by atoms with van der Waals surface area (Å²) in [5.74, 6) is 0.317. The molecule has 0 saturated carbocycles. The summed E-state index contributed by atoms with van der Waals surface area (Å²) in [7, 11) is 1.68. The molecule has 1 aromatic heterocycles. The first-order valence-corrected chi connectivity index (χ1v) is 7.18. The molecule has 94 valence electrons. The first-order chi connectivity index (χ1) is 8.22. The Morgan fingerprint density at radius 1 is 1.59 bits per heavy atom. The van der Waals surface area contributed by atoms with Crippen LogP contribution in [-0.2, 0) is 6.54 Å². The SMILES string of the molecule is COc1sc(CN[C@@H]2C=C[C@H](CO)C2)cc1Br. The van der Waals surface area contributed by atoms with Gasteiger partial charge in [0.15, 0.2) is 5.06 Å². The van der Waals surface area contributed by atoms with Crippen molar-refractivity contribution < 1.29 is 9.84 Å². The van der Waals surface area contributed by atoms with Gasteiger partial charge in [0.05, 0.1) is 11.6 Å². The summed E-state index contributed by atoms with van der Waals surface area (Å²) < 4.78 is 6.24. The van der Waals surface area contributed by atoms with E-state index in [9.17, 15) is 0 Å². The van der Waals surface area contributed by atoms with Crippen molar-refractivity contribution in [3.8, 4) is 5.06 Å². The maximum atomic E-state index is 9.04. The van der Waals surface area contributed by atoms with E-state index >= 15 is 0 Å². The lowest BCUT2D eigenvalue weighted by atomic mass is 10.1. The molecule has 0 aromatic carbocycles. The second-order valence-corrected chi connectivity index (χ2v) is 6.06. The van der Waals surface area contributed by atoms with E-state index in [2.05, 4.69) is 39.5 Å². The van der Waals surface area contributed by atoms with Gasteiger partial charge in [0.2, 0.25) is 0 Å². The Kier molecular flexibility index (Phi) is 4.62. The van der Waals surface area contributed by atoms with Gasteiger partial charge in [-0.2, -0.15) is 0 Å². The average Bonchev–Trinajstić information content (AvgIpc) is 2.92. The third-order valence-electron chi connectivity index (χ3n) is 2.84. The summed E-state index contributed by atoms with van der Waals surface area (Å²) in [6.45, 7) is 1.08. The molecule has 0 amide bonds. The Hall–Kier alpha value is -0.360. The molecule has 0 radical (unpaired) electrons. The molecule has 17 heavy (non-hydrogen) atoms. The van der Waals surface area contributed by atoms with Gasteiger partial charge in [-0.25, -0.2) is 0 Å². The standard InChI is InChI=1S/C12H16BrNO2S/c1-16-12-11(13)5-10(17-12)6-14-9-3-2-8(4-9)7-15/h2-3,5,8-9,14-15H,4,6-7H2,1H3/t8-,9+/m0/s1. The van der Waals surface area contributed by atoms with Crippen LogP contribution in [0.3, 0.4) is 0 Å². The summed E-state index contributed by atoms with van der Waals surface area (Å²) in [5.41, 5.74) is 0. The number of hydrogen-bond acceptors (Lipinski definition) is 4. The molecule has 0 bridgehead atoms. The largest absolute Gasteiger partial charge is 0.486 e. The number of rotatable bonds is 5. The van der Waals surface area contributed by atoms with Crippen LogP contribution in [0.15, 0.2) is 22.7 Å². The summed E-state index contributed by atoms with van der Waals surface area (Å²) in [6.07, 6.45) is 5.21. The Morgan fingerprint density at radius 2 is 2.41 bits per heavy atom. The van der Waals surface area contributed by atoms with Gasteiger partial charge in [-0.1, -0.05) is 12.2 Å².